The standard InChI is InChI=1S/C13H20N4O2S2/c1-11(2)14-10-12-13(4-9-20-12)21(18,19)16-6-8-17-7-3-5-15-17/h3-5,7,9,11,14,16H,6,8,10H2,1-2H3. The number of hydrogen-bond acceptors (Lipinski definition) is 5. The Kier molecular flexibility index (Phi) is 5.51. The Morgan fingerprint density at radius 2 is 2.24 bits per heavy atom. The van der Waals surface area contributed by atoms with Crippen molar-refractivity contribution in [1.82, 2.24) is 19.8 Å². The van der Waals surface area contributed by atoms with Gasteiger partial charge in [0.1, 0.15) is 0 Å². The van der Waals surface area contributed by atoms with Gasteiger partial charge in [-0.15, -0.1) is 11.3 Å². The molecule has 2 heterocycles. The summed E-state index contributed by atoms with van der Waals surface area (Å²) in [5.41, 5.74) is 0. The lowest BCUT2D eigenvalue weighted by atomic mass is 10.4. The first-order chi connectivity index (χ1) is 9.99. The van der Waals surface area contributed by atoms with Crippen LogP contribution in [0, 0.1) is 0 Å². The molecule has 8 heteroatoms. The highest BCUT2D eigenvalue weighted by Gasteiger charge is 2.19. The lowest BCUT2D eigenvalue weighted by molar-refractivity contribution is 0.556. The monoisotopic (exact) mass is 328 g/mol. The summed E-state index contributed by atoms with van der Waals surface area (Å²) in [5, 5.41) is 9.09. The van der Waals surface area contributed by atoms with Crippen molar-refractivity contribution in [3.63, 3.8) is 0 Å². The third-order valence-electron chi connectivity index (χ3n) is 2.86. The second-order valence-electron chi connectivity index (χ2n) is 4.91. The zero-order valence-corrected chi connectivity index (χ0v) is 13.7. The molecule has 0 saturated carbocycles. The minimum absolute atomic E-state index is 0.315. The first kappa shape index (κ1) is 16.2. The van der Waals surface area contributed by atoms with Crippen molar-refractivity contribution in [3.8, 4) is 0 Å². The van der Waals surface area contributed by atoms with Crippen molar-refractivity contribution in [3.05, 3.63) is 34.8 Å². The number of rotatable bonds is 8. The second-order valence-corrected chi connectivity index (χ2v) is 7.65. The third-order valence-corrected chi connectivity index (χ3v) is 5.45. The van der Waals surface area contributed by atoms with Gasteiger partial charge in [-0.1, -0.05) is 13.8 Å². The molecule has 0 spiro atoms. The third kappa shape index (κ3) is 4.63. The molecule has 0 aliphatic heterocycles. The van der Waals surface area contributed by atoms with E-state index in [1.165, 1.54) is 11.3 Å². The molecule has 0 unspecified atom stereocenters. The van der Waals surface area contributed by atoms with Crippen LogP contribution in [0.1, 0.15) is 18.7 Å². The van der Waals surface area contributed by atoms with Crippen LogP contribution in [-0.4, -0.2) is 30.8 Å². The molecule has 0 saturated heterocycles. The number of nitrogens with one attached hydrogen (secondary N) is 2. The fourth-order valence-electron chi connectivity index (χ4n) is 1.80. The van der Waals surface area contributed by atoms with Crippen molar-refractivity contribution in [2.24, 2.45) is 0 Å². The topological polar surface area (TPSA) is 76.0 Å². The van der Waals surface area contributed by atoms with Crippen molar-refractivity contribution in [1.29, 1.82) is 0 Å². The van der Waals surface area contributed by atoms with Gasteiger partial charge in [0.15, 0.2) is 0 Å². The molecule has 2 rings (SSSR count). The summed E-state index contributed by atoms with van der Waals surface area (Å²) in [4.78, 5) is 1.19. The van der Waals surface area contributed by atoms with Crippen LogP contribution >= 0.6 is 11.3 Å². The Morgan fingerprint density at radius 3 is 2.90 bits per heavy atom. The van der Waals surface area contributed by atoms with Crippen LogP contribution in [-0.2, 0) is 23.1 Å². The molecule has 116 valence electrons. The maximum Gasteiger partial charge on any atom is 0.241 e. The first-order valence-electron chi connectivity index (χ1n) is 6.76. The van der Waals surface area contributed by atoms with E-state index in [9.17, 15) is 8.42 Å². The van der Waals surface area contributed by atoms with Crippen LogP contribution in [0.15, 0.2) is 34.8 Å². The van der Waals surface area contributed by atoms with Gasteiger partial charge >= 0.3 is 0 Å². The fraction of sp³-hybridized carbons (Fsp3) is 0.462. The predicted octanol–water partition coefficient (Wildman–Crippen LogP) is 1.42. The zero-order chi connectivity index (χ0) is 15.3. The Hall–Kier alpha value is -1.22. The van der Waals surface area contributed by atoms with Gasteiger partial charge < -0.3 is 5.32 Å². The summed E-state index contributed by atoms with van der Waals surface area (Å²) in [6, 6.07) is 3.77. The first-order valence-corrected chi connectivity index (χ1v) is 9.12. The van der Waals surface area contributed by atoms with Gasteiger partial charge in [-0.3, -0.25) is 4.68 Å². The van der Waals surface area contributed by atoms with E-state index < -0.39 is 10.0 Å². The molecule has 0 amide bonds. The number of sulfonamides is 1. The van der Waals surface area contributed by atoms with Crippen LogP contribution in [0.2, 0.25) is 0 Å². The SMILES string of the molecule is CC(C)NCc1sccc1S(=O)(=O)NCCn1cccn1. The molecule has 0 aliphatic carbocycles. The molecular formula is C13H20N4O2S2. The van der Waals surface area contributed by atoms with E-state index >= 15 is 0 Å². The number of nitrogens with zero attached hydrogens (tertiary/aromatic N) is 2. The van der Waals surface area contributed by atoms with E-state index in [0.29, 0.717) is 30.6 Å². The van der Waals surface area contributed by atoms with Gasteiger partial charge in [-0.2, -0.15) is 5.10 Å². The zero-order valence-electron chi connectivity index (χ0n) is 12.1. The number of hydrogen-bond donors (Lipinski definition) is 2. The molecule has 0 aromatic carbocycles. The number of thiophene rings is 1. The van der Waals surface area contributed by atoms with E-state index in [4.69, 9.17) is 0 Å². The molecule has 0 atom stereocenters. The summed E-state index contributed by atoms with van der Waals surface area (Å²) in [5.74, 6) is 0. The van der Waals surface area contributed by atoms with Crippen molar-refractivity contribution in [2.45, 2.75) is 37.9 Å². The maximum atomic E-state index is 12.3. The van der Waals surface area contributed by atoms with Crippen LogP contribution in [0.25, 0.3) is 0 Å². The van der Waals surface area contributed by atoms with Crippen LogP contribution in [0.4, 0.5) is 0 Å². The average Bonchev–Trinajstić information content (AvgIpc) is 3.07. The smallest absolute Gasteiger partial charge is 0.241 e. The molecule has 0 aliphatic rings. The summed E-state index contributed by atoms with van der Waals surface area (Å²) >= 11 is 1.45. The van der Waals surface area contributed by atoms with Crippen molar-refractivity contribution >= 4 is 21.4 Å². The Morgan fingerprint density at radius 1 is 1.43 bits per heavy atom. The molecule has 0 bridgehead atoms. The van der Waals surface area contributed by atoms with Crippen LogP contribution in [0.5, 0.6) is 0 Å². The highest BCUT2D eigenvalue weighted by atomic mass is 32.2. The lowest BCUT2D eigenvalue weighted by Gasteiger charge is -2.10. The predicted molar refractivity (Wildman–Crippen MR) is 83.7 cm³/mol. The lowest BCUT2D eigenvalue weighted by Crippen LogP contribution is -2.29. The quantitative estimate of drug-likeness (QED) is 0.768. The minimum atomic E-state index is -3.47. The minimum Gasteiger partial charge on any atom is -0.310 e. The van der Waals surface area contributed by atoms with Crippen LogP contribution < -0.4 is 10.0 Å². The van der Waals surface area contributed by atoms with E-state index in [-0.39, 0.29) is 0 Å². The van der Waals surface area contributed by atoms with Gasteiger partial charge in [0, 0.05) is 36.4 Å². The van der Waals surface area contributed by atoms with Gasteiger partial charge in [-0.05, 0) is 17.5 Å². The van der Waals surface area contributed by atoms with Gasteiger partial charge in [0.05, 0.1) is 11.4 Å². The van der Waals surface area contributed by atoms with E-state index in [1.54, 1.807) is 28.5 Å². The highest BCUT2D eigenvalue weighted by Crippen LogP contribution is 2.21. The van der Waals surface area contributed by atoms with Crippen LogP contribution in [0.3, 0.4) is 0 Å². The van der Waals surface area contributed by atoms with Gasteiger partial charge in [0.25, 0.3) is 0 Å². The van der Waals surface area contributed by atoms with E-state index in [1.807, 2.05) is 19.9 Å². The Bertz CT molecular complexity index is 648. The molecule has 0 fully saturated rings. The maximum absolute atomic E-state index is 12.3. The summed E-state index contributed by atoms with van der Waals surface area (Å²) in [7, 11) is -3.47. The molecule has 2 aromatic heterocycles. The Labute approximate surface area is 129 Å². The molecular weight excluding hydrogens is 308 g/mol. The van der Waals surface area contributed by atoms with Gasteiger partial charge in [0.2, 0.25) is 10.0 Å². The summed E-state index contributed by atoms with van der Waals surface area (Å²) in [6.45, 7) is 5.45. The normalized spacial score (nSPS) is 12.1. The van der Waals surface area contributed by atoms with Crippen molar-refractivity contribution < 1.29 is 8.42 Å². The molecule has 2 aromatic rings. The highest BCUT2D eigenvalue weighted by molar-refractivity contribution is 7.89. The number of aromatic nitrogens is 2. The summed E-state index contributed by atoms with van der Waals surface area (Å²) in [6.07, 6.45) is 3.47. The fourth-order valence-corrected chi connectivity index (χ4v) is 4.21. The average molecular weight is 328 g/mol. The second kappa shape index (κ2) is 7.17. The molecule has 21 heavy (non-hydrogen) atoms. The van der Waals surface area contributed by atoms with E-state index in [0.717, 1.165) is 4.88 Å². The van der Waals surface area contributed by atoms with Crippen molar-refractivity contribution in [2.75, 3.05) is 6.54 Å². The van der Waals surface area contributed by atoms with E-state index in [2.05, 4.69) is 15.1 Å². The molecule has 2 N–H and O–H groups in total. The molecule has 6 nitrogen and oxygen atoms in total. The molecule has 0 radical (unpaired) electrons. The Balaban J connectivity index is 1.97. The van der Waals surface area contributed by atoms with Gasteiger partial charge in [-0.25, -0.2) is 13.1 Å². The largest absolute Gasteiger partial charge is 0.310 e. The summed E-state index contributed by atoms with van der Waals surface area (Å²) < 4.78 is 29.0.